The summed E-state index contributed by atoms with van der Waals surface area (Å²) in [7, 11) is 2.07. The van der Waals surface area contributed by atoms with E-state index in [0.717, 1.165) is 42.4 Å². The van der Waals surface area contributed by atoms with Gasteiger partial charge in [0.25, 0.3) is 5.91 Å². The number of fused-ring (bicyclic) bond motifs is 1. The van der Waals surface area contributed by atoms with Crippen LogP contribution in [0.2, 0.25) is 0 Å². The number of nitrogens with one attached hydrogen (secondary N) is 1. The van der Waals surface area contributed by atoms with Crippen molar-refractivity contribution in [2.75, 3.05) is 20.1 Å². The quantitative estimate of drug-likeness (QED) is 0.836. The standard InChI is InChI=1S/C17H19N3O2/c1-20-8-6-14(7-9-20)18-19-17(22)15-10-12-4-2-3-5-13(12)11-16(15)21/h2-5,10-11,21H,6-9H2,1H3,(H,19,22). The van der Waals surface area contributed by atoms with Crippen molar-refractivity contribution in [3.8, 4) is 5.75 Å². The highest BCUT2D eigenvalue weighted by Crippen LogP contribution is 2.24. The molecule has 1 aliphatic rings. The minimum Gasteiger partial charge on any atom is -0.507 e. The molecule has 0 aliphatic carbocycles. The second-order valence-electron chi connectivity index (χ2n) is 5.64. The van der Waals surface area contributed by atoms with E-state index in [-0.39, 0.29) is 17.2 Å². The summed E-state index contributed by atoms with van der Waals surface area (Å²) in [4.78, 5) is 14.5. The number of hydrogen-bond acceptors (Lipinski definition) is 4. The van der Waals surface area contributed by atoms with Gasteiger partial charge in [-0.05, 0) is 30.0 Å². The topological polar surface area (TPSA) is 64.9 Å². The van der Waals surface area contributed by atoms with E-state index < -0.39 is 0 Å². The van der Waals surface area contributed by atoms with Crippen molar-refractivity contribution in [3.63, 3.8) is 0 Å². The van der Waals surface area contributed by atoms with Crippen molar-refractivity contribution in [1.29, 1.82) is 0 Å². The highest BCUT2D eigenvalue weighted by atomic mass is 16.3. The average molecular weight is 297 g/mol. The number of likely N-dealkylation sites (tertiary alicyclic amines) is 1. The summed E-state index contributed by atoms with van der Waals surface area (Å²) in [5, 5.41) is 16.0. The zero-order valence-electron chi connectivity index (χ0n) is 12.5. The molecule has 0 radical (unpaired) electrons. The maximum Gasteiger partial charge on any atom is 0.275 e. The zero-order chi connectivity index (χ0) is 15.5. The average Bonchev–Trinajstić information content (AvgIpc) is 2.53. The lowest BCUT2D eigenvalue weighted by Gasteiger charge is -2.22. The van der Waals surface area contributed by atoms with Crippen LogP contribution in [0.1, 0.15) is 23.2 Å². The molecule has 3 rings (SSSR count). The van der Waals surface area contributed by atoms with Gasteiger partial charge in [-0.3, -0.25) is 4.79 Å². The second-order valence-corrected chi connectivity index (χ2v) is 5.64. The lowest BCUT2D eigenvalue weighted by atomic mass is 10.1. The molecule has 1 fully saturated rings. The molecule has 2 aromatic rings. The third kappa shape index (κ3) is 3.09. The van der Waals surface area contributed by atoms with Crippen LogP contribution in [0.4, 0.5) is 0 Å². The zero-order valence-corrected chi connectivity index (χ0v) is 12.5. The Hall–Kier alpha value is -2.40. The van der Waals surface area contributed by atoms with Crippen LogP contribution in [-0.2, 0) is 0 Å². The number of piperidine rings is 1. The largest absolute Gasteiger partial charge is 0.507 e. The predicted octanol–water partition coefficient (Wildman–Crippen LogP) is 2.36. The first kappa shape index (κ1) is 14.5. The molecule has 5 heteroatoms. The Morgan fingerprint density at radius 1 is 1.18 bits per heavy atom. The first-order chi connectivity index (χ1) is 10.6. The van der Waals surface area contributed by atoms with Crippen molar-refractivity contribution in [2.45, 2.75) is 12.8 Å². The van der Waals surface area contributed by atoms with Gasteiger partial charge in [0.2, 0.25) is 0 Å². The van der Waals surface area contributed by atoms with E-state index in [2.05, 4.69) is 22.5 Å². The number of carbonyl (C=O) groups is 1. The Labute approximate surface area is 129 Å². The van der Waals surface area contributed by atoms with E-state index in [4.69, 9.17) is 0 Å². The molecule has 0 aromatic heterocycles. The maximum absolute atomic E-state index is 12.2. The monoisotopic (exact) mass is 297 g/mol. The summed E-state index contributed by atoms with van der Waals surface area (Å²) < 4.78 is 0. The van der Waals surface area contributed by atoms with Gasteiger partial charge in [0.15, 0.2) is 0 Å². The molecule has 22 heavy (non-hydrogen) atoms. The fourth-order valence-electron chi connectivity index (χ4n) is 2.59. The number of rotatable bonds is 2. The fraction of sp³-hybridized carbons (Fsp3) is 0.294. The molecule has 0 bridgehead atoms. The Morgan fingerprint density at radius 2 is 1.82 bits per heavy atom. The van der Waals surface area contributed by atoms with E-state index in [1.807, 2.05) is 24.3 Å². The van der Waals surface area contributed by atoms with Crippen LogP contribution in [0.15, 0.2) is 41.5 Å². The van der Waals surface area contributed by atoms with Gasteiger partial charge in [0.05, 0.1) is 5.56 Å². The van der Waals surface area contributed by atoms with Gasteiger partial charge in [-0.1, -0.05) is 24.3 Å². The summed E-state index contributed by atoms with van der Waals surface area (Å²) in [6.07, 6.45) is 1.72. The number of amides is 1. The van der Waals surface area contributed by atoms with E-state index in [1.165, 1.54) is 0 Å². The smallest absolute Gasteiger partial charge is 0.275 e. The maximum atomic E-state index is 12.2. The Morgan fingerprint density at radius 3 is 2.50 bits per heavy atom. The first-order valence-electron chi connectivity index (χ1n) is 7.39. The number of hydrazone groups is 1. The Kier molecular flexibility index (Phi) is 4.06. The number of carbonyl (C=O) groups excluding carboxylic acids is 1. The summed E-state index contributed by atoms with van der Waals surface area (Å²) in [5.74, 6) is -0.408. The number of phenolic OH excluding ortho intramolecular Hbond substituents is 1. The van der Waals surface area contributed by atoms with Gasteiger partial charge < -0.3 is 10.0 Å². The molecule has 1 saturated heterocycles. The molecule has 1 aliphatic heterocycles. The van der Waals surface area contributed by atoms with Gasteiger partial charge in [-0.15, -0.1) is 0 Å². The van der Waals surface area contributed by atoms with Gasteiger partial charge in [0.1, 0.15) is 5.75 Å². The Balaban J connectivity index is 1.77. The van der Waals surface area contributed by atoms with E-state index in [9.17, 15) is 9.90 Å². The van der Waals surface area contributed by atoms with Crippen LogP contribution in [0.25, 0.3) is 10.8 Å². The van der Waals surface area contributed by atoms with E-state index in [1.54, 1.807) is 12.1 Å². The molecule has 2 N–H and O–H groups in total. The van der Waals surface area contributed by atoms with Gasteiger partial charge in [-0.2, -0.15) is 5.10 Å². The highest BCUT2D eigenvalue weighted by Gasteiger charge is 2.14. The van der Waals surface area contributed by atoms with Crippen LogP contribution in [0, 0.1) is 0 Å². The molecule has 1 heterocycles. The van der Waals surface area contributed by atoms with Gasteiger partial charge in [-0.25, -0.2) is 5.43 Å². The summed E-state index contributed by atoms with van der Waals surface area (Å²) >= 11 is 0. The molecule has 2 aromatic carbocycles. The van der Waals surface area contributed by atoms with Crippen molar-refractivity contribution < 1.29 is 9.90 Å². The molecule has 1 amide bonds. The van der Waals surface area contributed by atoms with Crippen molar-refractivity contribution in [1.82, 2.24) is 10.3 Å². The van der Waals surface area contributed by atoms with Crippen LogP contribution in [0.3, 0.4) is 0 Å². The number of benzene rings is 2. The summed E-state index contributed by atoms with van der Waals surface area (Å²) in [6, 6.07) is 10.9. The van der Waals surface area contributed by atoms with Gasteiger partial charge in [0, 0.05) is 31.6 Å². The molecular weight excluding hydrogens is 278 g/mol. The van der Waals surface area contributed by atoms with Crippen molar-refractivity contribution in [3.05, 3.63) is 42.0 Å². The van der Waals surface area contributed by atoms with Crippen LogP contribution < -0.4 is 5.43 Å². The summed E-state index contributed by atoms with van der Waals surface area (Å²) in [5.41, 5.74) is 3.80. The fourth-order valence-corrected chi connectivity index (χ4v) is 2.59. The molecular formula is C17H19N3O2. The SMILES string of the molecule is CN1CCC(=NNC(=O)c2cc3ccccc3cc2O)CC1. The van der Waals surface area contributed by atoms with Gasteiger partial charge >= 0.3 is 0 Å². The van der Waals surface area contributed by atoms with Crippen molar-refractivity contribution in [2.24, 2.45) is 5.10 Å². The molecule has 114 valence electrons. The number of hydrogen-bond donors (Lipinski definition) is 2. The predicted molar refractivity (Wildman–Crippen MR) is 87.2 cm³/mol. The highest BCUT2D eigenvalue weighted by molar-refractivity contribution is 6.02. The summed E-state index contributed by atoms with van der Waals surface area (Å²) in [6.45, 7) is 1.91. The lowest BCUT2D eigenvalue weighted by molar-refractivity contribution is 0.0952. The normalized spacial score (nSPS) is 15.8. The number of aromatic hydroxyl groups is 1. The number of phenols is 1. The minimum absolute atomic E-state index is 0.0280. The molecule has 5 nitrogen and oxygen atoms in total. The minimum atomic E-state index is -0.380. The van der Waals surface area contributed by atoms with Crippen LogP contribution in [0.5, 0.6) is 5.75 Å². The molecule has 0 saturated carbocycles. The van der Waals surface area contributed by atoms with Crippen molar-refractivity contribution >= 4 is 22.4 Å². The van der Waals surface area contributed by atoms with Crippen LogP contribution >= 0.6 is 0 Å². The van der Waals surface area contributed by atoms with E-state index in [0.29, 0.717) is 0 Å². The third-order valence-electron chi connectivity index (χ3n) is 3.99. The van der Waals surface area contributed by atoms with Crippen LogP contribution in [-0.4, -0.2) is 41.8 Å². The first-order valence-corrected chi connectivity index (χ1v) is 7.39. The third-order valence-corrected chi connectivity index (χ3v) is 3.99. The number of nitrogens with zero attached hydrogens (tertiary/aromatic N) is 2. The lowest BCUT2D eigenvalue weighted by Crippen LogP contribution is -2.32. The molecule has 0 unspecified atom stereocenters. The molecule has 0 spiro atoms. The molecule has 0 atom stereocenters. The van der Waals surface area contributed by atoms with E-state index >= 15 is 0 Å². The Bertz CT molecular complexity index is 730. The second kappa shape index (κ2) is 6.15.